The van der Waals surface area contributed by atoms with Gasteiger partial charge in [-0.1, -0.05) is 108 Å². The summed E-state index contributed by atoms with van der Waals surface area (Å²) in [4.78, 5) is 44.4. The van der Waals surface area contributed by atoms with Crippen LogP contribution < -0.4 is 15.9 Å². The van der Waals surface area contributed by atoms with E-state index in [0.717, 1.165) is 50.1 Å². The summed E-state index contributed by atoms with van der Waals surface area (Å²) in [6, 6.07) is 36.9. The lowest BCUT2D eigenvalue weighted by atomic mass is 10.0. The van der Waals surface area contributed by atoms with Crippen molar-refractivity contribution in [3.63, 3.8) is 0 Å². The number of carbonyl (C=O) groups is 3. The lowest BCUT2D eigenvalue weighted by molar-refractivity contribution is 0.0373. The molecule has 0 amide bonds. The molecule has 0 aliphatic carbocycles. The Morgan fingerprint density at radius 1 is 0.342 bits per heavy atom. The molecule has 6 rings (SSSR count). The fourth-order valence-electron chi connectivity index (χ4n) is 9.51. The van der Waals surface area contributed by atoms with Gasteiger partial charge in [-0.15, -0.1) is 0 Å². The van der Waals surface area contributed by atoms with Crippen LogP contribution in [0.2, 0.25) is 0 Å². The molecule has 3 atom stereocenters. The Kier molecular flexibility index (Phi) is 22.0. The topological polar surface area (TPSA) is 161 Å². The Hall–Kier alpha value is -5.26. The number of ether oxygens (including phenoxy) is 3. The fourth-order valence-corrected chi connectivity index (χ4v) is 15.6. The second-order valence-electron chi connectivity index (χ2n) is 19.1. The second-order valence-corrected chi connectivity index (χ2v) is 25.9. The van der Waals surface area contributed by atoms with Gasteiger partial charge in [0, 0.05) is 52.2 Å². The number of hydrogen-bond acceptors (Lipinski definition) is 13. The van der Waals surface area contributed by atoms with E-state index < -0.39 is 38.7 Å². The third-order valence-electron chi connectivity index (χ3n) is 12.9. The van der Waals surface area contributed by atoms with E-state index in [1.807, 2.05) is 104 Å². The van der Waals surface area contributed by atoms with Gasteiger partial charge in [0.1, 0.15) is 0 Å². The van der Waals surface area contributed by atoms with Crippen LogP contribution in [0.4, 0.5) is 0 Å². The number of rotatable bonds is 30. The molecule has 0 N–H and O–H groups in total. The monoisotopic (exact) mass is 1090 g/mol. The highest BCUT2D eigenvalue weighted by Gasteiger charge is 2.40. The van der Waals surface area contributed by atoms with Gasteiger partial charge in [0.2, 0.25) is 0 Å². The third kappa shape index (κ3) is 15.1. The van der Waals surface area contributed by atoms with E-state index in [0.29, 0.717) is 52.2 Å². The third-order valence-corrected chi connectivity index (χ3v) is 19.8. The lowest BCUT2D eigenvalue weighted by Gasteiger charge is -2.23. The van der Waals surface area contributed by atoms with Crippen LogP contribution in [0.5, 0.6) is 0 Å². The number of benzene rings is 6. The predicted octanol–water partition coefficient (Wildman–Crippen LogP) is 11.5. The molecular formula is C60H72NO12P3. The number of nitrogens with zero attached hydrogens (tertiary/aromatic N) is 1. The van der Waals surface area contributed by atoms with E-state index >= 15 is 0 Å². The van der Waals surface area contributed by atoms with Crippen molar-refractivity contribution in [1.82, 2.24) is 4.90 Å². The average Bonchev–Trinajstić information content (AvgIpc) is 3.39. The maximum Gasteiger partial charge on any atom is 0.300 e. The van der Waals surface area contributed by atoms with Crippen LogP contribution in [0.15, 0.2) is 127 Å². The molecule has 16 heteroatoms. The van der Waals surface area contributed by atoms with Crippen molar-refractivity contribution in [1.29, 1.82) is 0 Å². The molecule has 13 nitrogen and oxygen atoms in total. The zero-order chi connectivity index (χ0) is 55.0. The minimum atomic E-state index is -4.04. The Balaban J connectivity index is 1.08. The lowest BCUT2D eigenvalue weighted by Crippen LogP contribution is -2.34. The van der Waals surface area contributed by atoms with E-state index in [1.165, 1.54) is 0 Å². The molecule has 0 radical (unpaired) electrons. The second kappa shape index (κ2) is 27.9. The van der Waals surface area contributed by atoms with Crippen molar-refractivity contribution >= 4 is 54.6 Å². The fraction of sp³-hybridized carbons (Fsp3) is 0.350. The summed E-state index contributed by atoms with van der Waals surface area (Å²) in [5.74, 6) is 0. The summed E-state index contributed by atoms with van der Waals surface area (Å²) in [7, 11) is -12.1. The van der Waals surface area contributed by atoms with Crippen molar-refractivity contribution in [2.45, 2.75) is 62.3 Å². The number of hydrogen-bond donors (Lipinski definition) is 0. The van der Waals surface area contributed by atoms with Crippen molar-refractivity contribution in [3.05, 3.63) is 194 Å². The Morgan fingerprint density at radius 3 is 0.789 bits per heavy atom. The minimum absolute atomic E-state index is 0.0507. The van der Waals surface area contributed by atoms with Crippen molar-refractivity contribution in [3.8, 4) is 0 Å². The first-order chi connectivity index (χ1) is 36.3. The Bertz CT molecular complexity index is 2710. The summed E-state index contributed by atoms with van der Waals surface area (Å²) in [5.41, 5.74) is 6.80. The van der Waals surface area contributed by atoms with Gasteiger partial charge in [0.05, 0.1) is 59.5 Å². The van der Waals surface area contributed by atoms with E-state index in [1.54, 1.807) is 91.0 Å². The first-order valence-corrected chi connectivity index (χ1v) is 30.4. The molecule has 0 saturated carbocycles. The molecular weight excluding hydrogens is 1020 g/mol. The average molecular weight is 1090 g/mol. The molecule has 0 spiro atoms. The van der Waals surface area contributed by atoms with Crippen LogP contribution in [0.25, 0.3) is 0 Å². The summed E-state index contributed by atoms with van der Waals surface area (Å²) < 4.78 is 79.9. The van der Waals surface area contributed by atoms with Crippen molar-refractivity contribution in [2.24, 2.45) is 0 Å². The zero-order valence-electron chi connectivity index (χ0n) is 45.3. The first-order valence-electron chi connectivity index (χ1n) is 25.5. The molecule has 0 bridgehead atoms. The molecule has 0 aliphatic heterocycles. The molecule has 0 aliphatic rings. The quantitative estimate of drug-likeness (QED) is 0.0310. The largest absolute Gasteiger partial charge is 0.378 e. The van der Waals surface area contributed by atoms with Crippen LogP contribution in [0.1, 0.15) is 81.1 Å². The maximum atomic E-state index is 14.6. The molecule has 0 aromatic heterocycles. The van der Waals surface area contributed by atoms with E-state index in [2.05, 4.69) is 0 Å². The highest BCUT2D eigenvalue weighted by atomic mass is 31.2. The van der Waals surface area contributed by atoms with Gasteiger partial charge in [-0.3, -0.25) is 33.0 Å². The van der Waals surface area contributed by atoms with Gasteiger partial charge >= 0.3 is 22.1 Å². The molecule has 3 unspecified atom stereocenters. The predicted molar refractivity (Wildman–Crippen MR) is 303 cm³/mol. The van der Waals surface area contributed by atoms with Crippen LogP contribution in [-0.4, -0.2) is 101 Å². The summed E-state index contributed by atoms with van der Waals surface area (Å²) in [6.07, 6.45) is 0. The summed E-state index contributed by atoms with van der Waals surface area (Å²) in [5, 5.41) is 0.912. The number of aryl methyl sites for hydroxylation is 9. The van der Waals surface area contributed by atoms with Crippen LogP contribution >= 0.6 is 22.1 Å². The zero-order valence-corrected chi connectivity index (χ0v) is 48.0. The molecule has 6 aromatic carbocycles. The standard InChI is InChI=1S/C60H72NO12P3/c1-43-37-46(4)55(47(5)38-43)58(62)74(65,52-19-13-10-14-20-52)71-34-31-68-28-25-61(26-29-69-32-35-72-75(66,53-21-15-11-16-22-53)59(63)56-48(6)39-44(2)40-49(56)7)27-30-70-33-36-73-76(67,54-23-17-12-18-24-54)60(64)57-50(8)41-45(3)42-51(57)9/h10-24,37-42H,25-36H2,1-9H3. The van der Waals surface area contributed by atoms with Gasteiger partial charge < -0.3 is 27.8 Å². The summed E-state index contributed by atoms with van der Waals surface area (Å²) >= 11 is 0. The van der Waals surface area contributed by atoms with E-state index in [9.17, 15) is 28.1 Å². The van der Waals surface area contributed by atoms with E-state index in [4.69, 9.17) is 27.8 Å². The Labute approximate surface area is 449 Å². The Morgan fingerprint density at radius 2 is 0.566 bits per heavy atom. The SMILES string of the molecule is Cc1cc(C)c(C(=O)P(=O)(OCCOCCN(CCOCCOP(=O)(C(=O)c2c(C)cc(C)cc2C)c2ccccc2)CCOCCOP(=O)(C(=O)c2c(C)cc(C)cc2C)c2ccccc2)c2ccccc2)c(C)c1. The smallest absolute Gasteiger partial charge is 0.300 e. The molecule has 6 aromatic rings. The van der Waals surface area contributed by atoms with E-state index in [-0.39, 0.29) is 59.5 Å². The van der Waals surface area contributed by atoms with Gasteiger partial charge in [-0.25, -0.2) is 0 Å². The minimum Gasteiger partial charge on any atom is -0.378 e. The van der Waals surface area contributed by atoms with Crippen LogP contribution in [-0.2, 0) is 41.5 Å². The maximum absolute atomic E-state index is 14.6. The highest BCUT2D eigenvalue weighted by Crippen LogP contribution is 2.52. The molecule has 76 heavy (non-hydrogen) atoms. The van der Waals surface area contributed by atoms with Crippen LogP contribution in [0.3, 0.4) is 0 Å². The van der Waals surface area contributed by atoms with Crippen molar-refractivity contribution in [2.75, 3.05) is 79.1 Å². The highest BCUT2D eigenvalue weighted by molar-refractivity contribution is 7.84. The molecule has 0 saturated heterocycles. The molecule has 0 heterocycles. The van der Waals surface area contributed by atoms with Gasteiger partial charge in [-0.2, -0.15) is 0 Å². The molecule has 0 fully saturated rings. The van der Waals surface area contributed by atoms with Gasteiger partial charge in [0.25, 0.3) is 16.6 Å². The van der Waals surface area contributed by atoms with Crippen LogP contribution in [0, 0.1) is 62.3 Å². The summed E-state index contributed by atoms with van der Waals surface area (Å²) in [6.45, 7) is 18.6. The molecule has 404 valence electrons. The van der Waals surface area contributed by atoms with Gasteiger partial charge in [0.15, 0.2) is 0 Å². The van der Waals surface area contributed by atoms with Crippen molar-refractivity contribution < 1.29 is 55.9 Å². The number of carbonyl (C=O) groups excluding carboxylic acids is 3. The van der Waals surface area contributed by atoms with Gasteiger partial charge in [-0.05, 0) is 132 Å². The first kappa shape index (κ1) is 60.0. The normalized spacial score (nSPS) is 14.0.